The van der Waals surface area contributed by atoms with E-state index < -0.39 is 0 Å². The van der Waals surface area contributed by atoms with Gasteiger partial charge in [0.2, 0.25) is 0 Å². The number of nitrogens with zero attached hydrogens (tertiary/aromatic N) is 2. The maximum absolute atomic E-state index is 10.5. The molecule has 2 aliphatic carbocycles. The third-order valence-electron chi connectivity index (χ3n) is 5.01. The average Bonchev–Trinajstić information content (AvgIpc) is 2.77. The molecule has 19 heavy (non-hydrogen) atoms. The molecular formula is C15H23BrN2O. The third kappa shape index (κ3) is 2.27. The summed E-state index contributed by atoms with van der Waals surface area (Å²) in [5.41, 5.74) is 2.29. The summed E-state index contributed by atoms with van der Waals surface area (Å²) in [5.74, 6) is 2.20. The topological polar surface area (TPSA) is 38.0 Å². The quantitative estimate of drug-likeness (QED) is 0.902. The summed E-state index contributed by atoms with van der Waals surface area (Å²) in [6.07, 6.45) is 5.54. The first-order valence-corrected chi connectivity index (χ1v) is 8.38. The summed E-state index contributed by atoms with van der Waals surface area (Å²) < 4.78 is 3.16. The SMILES string of the molecule is CCc1nn(CC)c(CC(O)C2C3CCCC32)c1Br. The number of hydrogen-bond acceptors (Lipinski definition) is 2. The number of aryl methyl sites for hydroxylation is 2. The Morgan fingerprint density at radius 1 is 1.37 bits per heavy atom. The molecule has 1 aromatic rings. The number of fused-ring (bicyclic) bond motifs is 1. The summed E-state index contributed by atoms with van der Waals surface area (Å²) in [7, 11) is 0. The number of aromatic nitrogens is 2. The first kappa shape index (κ1) is 13.6. The van der Waals surface area contributed by atoms with E-state index in [0.717, 1.165) is 41.4 Å². The second-order valence-corrected chi connectivity index (χ2v) is 6.78. The van der Waals surface area contributed by atoms with Crippen LogP contribution in [-0.2, 0) is 19.4 Å². The van der Waals surface area contributed by atoms with Gasteiger partial charge in [-0.3, -0.25) is 4.68 Å². The molecule has 0 radical (unpaired) electrons. The molecule has 2 aliphatic rings. The van der Waals surface area contributed by atoms with E-state index in [0.29, 0.717) is 5.92 Å². The molecule has 0 bridgehead atoms. The Balaban J connectivity index is 1.74. The number of hydrogen-bond donors (Lipinski definition) is 1. The highest BCUT2D eigenvalue weighted by Crippen LogP contribution is 2.59. The Morgan fingerprint density at radius 3 is 2.63 bits per heavy atom. The zero-order chi connectivity index (χ0) is 13.6. The van der Waals surface area contributed by atoms with Gasteiger partial charge in [0.25, 0.3) is 0 Å². The molecule has 4 heteroatoms. The fourth-order valence-corrected chi connectivity index (χ4v) is 4.72. The molecule has 0 amide bonds. The molecule has 3 unspecified atom stereocenters. The molecule has 0 aliphatic heterocycles. The second kappa shape index (κ2) is 5.21. The zero-order valence-electron chi connectivity index (χ0n) is 11.8. The molecular weight excluding hydrogens is 304 g/mol. The van der Waals surface area contributed by atoms with Gasteiger partial charge in [-0.15, -0.1) is 0 Å². The number of aliphatic hydroxyl groups excluding tert-OH is 1. The molecule has 0 aromatic carbocycles. The lowest BCUT2D eigenvalue weighted by Gasteiger charge is -2.14. The zero-order valence-corrected chi connectivity index (χ0v) is 13.4. The molecule has 1 heterocycles. The van der Waals surface area contributed by atoms with E-state index in [-0.39, 0.29) is 6.10 Å². The van der Waals surface area contributed by atoms with Crippen LogP contribution in [0, 0.1) is 17.8 Å². The highest BCUT2D eigenvalue weighted by Gasteiger charge is 2.55. The maximum Gasteiger partial charge on any atom is 0.0766 e. The Labute approximate surface area is 123 Å². The summed E-state index contributed by atoms with van der Waals surface area (Å²) in [4.78, 5) is 0. The molecule has 2 saturated carbocycles. The minimum absolute atomic E-state index is 0.182. The minimum atomic E-state index is -0.182. The fourth-order valence-electron chi connectivity index (χ4n) is 3.99. The average molecular weight is 327 g/mol. The summed E-state index contributed by atoms with van der Waals surface area (Å²) >= 11 is 3.67. The van der Waals surface area contributed by atoms with Crippen molar-refractivity contribution in [1.29, 1.82) is 0 Å². The van der Waals surface area contributed by atoms with E-state index in [9.17, 15) is 5.11 Å². The van der Waals surface area contributed by atoms with Gasteiger partial charge in [-0.25, -0.2) is 0 Å². The molecule has 106 valence electrons. The van der Waals surface area contributed by atoms with Crippen LogP contribution in [0.2, 0.25) is 0 Å². The summed E-state index contributed by atoms with van der Waals surface area (Å²) in [6, 6.07) is 0. The van der Waals surface area contributed by atoms with Gasteiger partial charge in [-0.1, -0.05) is 13.3 Å². The number of halogens is 1. The van der Waals surface area contributed by atoms with Crippen LogP contribution in [0.4, 0.5) is 0 Å². The molecule has 2 fully saturated rings. The van der Waals surface area contributed by atoms with Crippen LogP contribution in [0.1, 0.15) is 44.5 Å². The van der Waals surface area contributed by atoms with Crippen molar-refractivity contribution in [1.82, 2.24) is 9.78 Å². The Morgan fingerprint density at radius 2 is 2.05 bits per heavy atom. The predicted octanol–water partition coefficient (Wildman–Crippen LogP) is 3.18. The largest absolute Gasteiger partial charge is 0.392 e. The highest BCUT2D eigenvalue weighted by atomic mass is 79.9. The van der Waals surface area contributed by atoms with Crippen molar-refractivity contribution in [3.63, 3.8) is 0 Å². The van der Waals surface area contributed by atoms with Crippen LogP contribution in [0.3, 0.4) is 0 Å². The molecule has 1 N–H and O–H groups in total. The van der Waals surface area contributed by atoms with Gasteiger partial charge >= 0.3 is 0 Å². The Bertz CT molecular complexity index is 461. The van der Waals surface area contributed by atoms with E-state index in [2.05, 4.69) is 34.9 Å². The normalized spacial score (nSPS) is 30.4. The van der Waals surface area contributed by atoms with Crippen molar-refractivity contribution in [2.75, 3.05) is 0 Å². The summed E-state index contributed by atoms with van der Waals surface area (Å²) in [6.45, 7) is 5.11. The Kier molecular flexibility index (Phi) is 3.73. The molecule has 1 aromatic heterocycles. The van der Waals surface area contributed by atoms with E-state index >= 15 is 0 Å². The lowest BCUT2D eigenvalue weighted by molar-refractivity contribution is 0.133. The van der Waals surface area contributed by atoms with Gasteiger partial charge in [-0.2, -0.15) is 5.10 Å². The number of rotatable bonds is 5. The first-order chi connectivity index (χ1) is 9.17. The van der Waals surface area contributed by atoms with E-state index in [1.165, 1.54) is 25.0 Å². The van der Waals surface area contributed by atoms with Crippen molar-refractivity contribution in [3.05, 3.63) is 15.9 Å². The van der Waals surface area contributed by atoms with Crippen molar-refractivity contribution >= 4 is 15.9 Å². The first-order valence-electron chi connectivity index (χ1n) is 7.59. The van der Waals surface area contributed by atoms with Crippen LogP contribution in [0.5, 0.6) is 0 Å². The van der Waals surface area contributed by atoms with Gasteiger partial charge in [0, 0.05) is 13.0 Å². The maximum atomic E-state index is 10.5. The van der Waals surface area contributed by atoms with E-state index in [4.69, 9.17) is 0 Å². The lowest BCUT2D eigenvalue weighted by Crippen LogP contribution is -2.19. The summed E-state index contributed by atoms with van der Waals surface area (Å²) in [5, 5.41) is 15.1. The number of aliphatic hydroxyl groups is 1. The van der Waals surface area contributed by atoms with E-state index in [1.807, 2.05) is 4.68 Å². The molecule has 3 rings (SSSR count). The highest BCUT2D eigenvalue weighted by molar-refractivity contribution is 9.10. The smallest absolute Gasteiger partial charge is 0.0766 e. The van der Waals surface area contributed by atoms with Crippen LogP contribution in [-0.4, -0.2) is 21.0 Å². The molecule has 3 atom stereocenters. The fraction of sp³-hybridized carbons (Fsp3) is 0.800. The van der Waals surface area contributed by atoms with Crippen molar-refractivity contribution in [2.24, 2.45) is 17.8 Å². The molecule has 0 saturated heterocycles. The molecule has 3 nitrogen and oxygen atoms in total. The van der Waals surface area contributed by atoms with Crippen molar-refractivity contribution in [2.45, 2.75) is 58.6 Å². The predicted molar refractivity (Wildman–Crippen MR) is 79.0 cm³/mol. The van der Waals surface area contributed by atoms with Crippen molar-refractivity contribution < 1.29 is 5.11 Å². The third-order valence-corrected chi connectivity index (χ3v) is 5.93. The Hall–Kier alpha value is -0.350. The minimum Gasteiger partial charge on any atom is -0.392 e. The van der Waals surface area contributed by atoms with Crippen LogP contribution in [0.15, 0.2) is 4.47 Å². The van der Waals surface area contributed by atoms with Gasteiger partial charge in [-0.05, 0) is 59.9 Å². The second-order valence-electron chi connectivity index (χ2n) is 5.98. The van der Waals surface area contributed by atoms with Crippen LogP contribution < -0.4 is 0 Å². The van der Waals surface area contributed by atoms with E-state index in [1.54, 1.807) is 0 Å². The van der Waals surface area contributed by atoms with Crippen molar-refractivity contribution in [3.8, 4) is 0 Å². The van der Waals surface area contributed by atoms with Gasteiger partial charge < -0.3 is 5.11 Å². The lowest BCUT2D eigenvalue weighted by atomic mass is 10.0. The van der Waals surface area contributed by atoms with Gasteiger partial charge in [0.15, 0.2) is 0 Å². The standard InChI is InChI=1S/C15H23BrN2O/c1-3-11-15(16)12(18(4-2)17-11)8-13(19)14-9-6-5-7-10(9)14/h9-10,13-14,19H,3-8H2,1-2H3. The van der Waals surface area contributed by atoms with Gasteiger partial charge in [0.1, 0.15) is 0 Å². The monoisotopic (exact) mass is 326 g/mol. The van der Waals surface area contributed by atoms with Crippen LogP contribution in [0.25, 0.3) is 0 Å². The van der Waals surface area contributed by atoms with Crippen LogP contribution >= 0.6 is 15.9 Å². The van der Waals surface area contributed by atoms with Gasteiger partial charge in [0.05, 0.1) is 22.0 Å². The molecule has 0 spiro atoms.